The second-order valence-corrected chi connectivity index (χ2v) is 3.27. The van der Waals surface area contributed by atoms with Crippen molar-refractivity contribution in [2.75, 3.05) is 19.0 Å². The third-order valence-corrected chi connectivity index (χ3v) is 2.04. The number of nitrogens with zero attached hydrogens (tertiary/aromatic N) is 2. The van der Waals surface area contributed by atoms with Crippen LogP contribution in [0.1, 0.15) is 5.56 Å². The summed E-state index contributed by atoms with van der Waals surface area (Å²) in [6, 6.07) is 0. The Morgan fingerprint density at radius 3 is 2.59 bits per heavy atom. The molecule has 0 aromatic carbocycles. The molecular weight excluding hydrogens is 242 g/mol. The molecule has 1 aromatic rings. The molecule has 1 heterocycles. The second kappa shape index (κ2) is 5.15. The first-order valence-corrected chi connectivity index (χ1v) is 4.64. The van der Waals surface area contributed by atoms with Crippen LogP contribution < -0.4 is 10.1 Å². The molecule has 0 saturated heterocycles. The van der Waals surface area contributed by atoms with E-state index in [2.05, 4.69) is 15.3 Å². The predicted molar refractivity (Wildman–Crippen MR) is 52.8 cm³/mol. The molecule has 1 N–H and O–H groups in total. The zero-order valence-electron chi connectivity index (χ0n) is 9.18. The summed E-state index contributed by atoms with van der Waals surface area (Å²) in [5.74, 6) is -3.87. The average Bonchev–Trinajstić information content (AvgIpc) is 2.27. The van der Waals surface area contributed by atoms with Crippen molar-refractivity contribution < 1.29 is 22.3 Å². The van der Waals surface area contributed by atoms with Crippen molar-refractivity contribution >= 4 is 5.82 Å². The predicted octanol–water partition coefficient (Wildman–Crippen LogP) is 2.11. The van der Waals surface area contributed by atoms with Gasteiger partial charge < -0.3 is 10.1 Å². The van der Waals surface area contributed by atoms with E-state index in [0.717, 1.165) is 6.33 Å². The number of ether oxygens (including phenoxy) is 1. The largest absolute Gasteiger partial charge is 0.481 e. The topological polar surface area (TPSA) is 47.0 Å². The Hall–Kier alpha value is -1.60. The number of nitrogens with one attached hydrogen (secondary N) is 1. The molecule has 1 rings (SSSR count). The van der Waals surface area contributed by atoms with Gasteiger partial charge in [0, 0.05) is 0 Å². The summed E-state index contributed by atoms with van der Waals surface area (Å²) >= 11 is 0. The van der Waals surface area contributed by atoms with Gasteiger partial charge in [0.05, 0.1) is 19.2 Å². The molecular formula is C9H11F4N3O. The summed E-state index contributed by atoms with van der Waals surface area (Å²) in [6.45, 7) is 0.327. The zero-order chi connectivity index (χ0) is 13.1. The molecule has 0 bridgehead atoms. The monoisotopic (exact) mass is 253 g/mol. The third-order valence-electron chi connectivity index (χ3n) is 2.04. The van der Waals surface area contributed by atoms with Crippen molar-refractivity contribution in [2.45, 2.75) is 19.3 Å². The fourth-order valence-electron chi connectivity index (χ4n) is 1.10. The Morgan fingerprint density at radius 1 is 1.41 bits per heavy atom. The molecule has 0 aliphatic heterocycles. The van der Waals surface area contributed by atoms with E-state index >= 15 is 0 Å². The lowest BCUT2D eigenvalue weighted by Gasteiger charge is -2.17. The fourth-order valence-corrected chi connectivity index (χ4v) is 1.10. The van der Waals surface area contributed by atoms with Gasteiger partial charge >= 0.3 is 12.3 Å². The molecule has 0 saturated carbocycles. The minimum Gasteiger partial charge on any atom is -0.481 e. The summed E-state index contributed by atoms with van der Waals surface area (Å²) in [6.07, 6.45) is -2.63. The number of alkyl halides is 4. The normalized spacial score (nSPS) is 11.7. The van der Waals surface area contributed by atoms with E-state index in [0.29, 0.717) is 5.56 Å². The van der Waals surface area contributed by atoms with Crippen LogP contribution in [-0.4, -0.2) is 36.0 Å². The number of hydrogen-bond donors (Lipinski definition) is 1. The number of anilines is 1. The Balaban J connectivity index is 2.76. The molecule has 0 fully saturated rings. The van der Waals surface area contributed by atoms with Gasteiger partial charge in [-0.15, -0.1) is 0 Å². The van der Waals surface area contributed by atoms with E-state index in [9.17, 15) is 17.6 Å². The zero-order valence-corrected chi connectivity index (χ0v) is 9.18. The van der Waals surface area contributed by atoms with Gasteiger partial charge in [-0.25, -0.2) is 18.7 Å². The van der Waals surface area contributed by atoms with Crippen molar-refractivity contribution in [1.82, 2.24) is 9.97 Å². The van der Waals surface area contributed by atoms with Crippen LogP contribution in [0.2, 0.25) is 0 Å². The van der Waals surface area contributed by atoms with Gasteiger partial charge in [-0.05, 0) is 6.92 Å². The maximum absolute atomic E-state index is 12.7. The molecule has 4 nitrogen and oxygen atoms in total. The molecule has 17 heavy (non-hydrogen) atoms. The number of aromatic nitrogens is 2. The van der Waals surface area contributed by atoms with Crippen molar-refractivity contribution in [1.29, 1.82) is 0 Å². The van der Waals surface area contributed by atoms with Crippen LogP contribution in [0.4, 0.5) is 23.4 Å². The maximum atomic E-state index is 12.7. The van der Waals surface area contributed by atoms with Crippen LogP contribution in [0, 0.1) is 6.92 Å². The fraction of sp³-hybridized carbons (Fsp3) is 0.556. The lowest BCUT2D eigenvalue weighted by atomic mass is 10.3. The molecule has 0 amide bonds. The smallest absolute Gasteiger partial charge is 0.324 e. The molecule has 0 unspecified atom stereocenters. The number of halogens is 4. The van der Waals surface area contributed by atoms with E-state index in [1.165, 1.54) is 14.0 Å². The molecule has 0 aliphatic carbocycles. The Labute approximate surface area is 95.0 Å². The summed E-state index contributed by atoms with van der Waals surface area (Å²) < 4.78 is 54.0. The van der Waals surface area contributed by atoms with E-state index in [1.807, 2.05) is 0 Å². The lowest BCUT2D eigenvalue weighted by Crippen LogP contribution is -2.35. The summed E-state index contributed by atoms with van der Waals surface area (Å²) in [5, 5.41) is 2.15. The van der Waals surface area contributed by atoms with Crippen molar-refractivity contribution in [3.63, 3.8) is 0 Å². The molecule has 0 radical (unpaired) electrons. The molecule has 96 valence electrons. The van der Waals surface area contributed by atoms with Gasteiger partial charge in [0.2, 0.25) is 5.88 Å². The average molecular weight is 253 g/mol. The minimum atomic E-state index is -4.11. The van der Waals surface area contributed by atoms with E-state index in [4.69, 9.17) is 4.74 Å². The van der Waals surface area contributed by atoms with Crippen LogP contribution in [0.3, 0.4) is 0 Å². The standard InChI is InChI=1S/C9H11F4N3O/c1-5-6(15-4-16-7(5)17-2)14-3-9(12,13)8(10)11/h4,8H,3H2,1-2H3,(H,14,15,16). The third kappa shape index (κ3) is 3.18. The van der Waals surface area contributed by atoms with Gasteiger partial charge in [0.15, 0.2) is 0 Å². The first kappa shape index (κ1) is 13.5. The number of methoxy groups -OCH3 is 1. The maximum Gasteiger partial charge on any atom is 0.324 e. The van der Waals surface area contributed by atoms with Crippen molar-refractivity contribution in [3.05, 3.63) is 11.9 Å². The van der Waals surface area contributed by atoms with Crippen LogP contribution in [0.5, 0.6) is 5.88 Å². The van der Waals surface area contributed by atoms with Crippen LogP contribution in [0.25, 0.3) is 0 Å². The highest BCUT2D eigenvalue weighted by molar-refractivity contribution is 5.47. The van der Waals surface area contributed by atoms with Gasteiger partial charge in [0.25, 0.3) is 0 Å². The van der Waals surface area contributed by atoms with Crippen LogP contribution in [-0.2, 0) is 0 Å². The SMILES string of the molecule is COc1ncnc(NCC(F)(F)C(F)F)c1C. The first-order chi connectivity index (χ1) is 7.88. The van der Waals surface area contributed by atoms with Gasteiger partial charge in [-0.3, -0.25) is 0 Å². The molecule has 0 atom stereocenters. The molecule has 0 spiro atoms. The van der Waals surface area contributed by atoms with Gasteiger partial charge in [-0.2, -0.15) is 8.78 Å². The summed E-state index contributed by atoms with van der Waals surface area (Å²) in [4.78, 5) is 7.40. The van der Waals surface area contributed by atoms with E-state index in [-0.39, 0.29) is 11.7 Å². The van der Waals surface area contributed by atoms with Crippen molar-refractivity contribution in [3.8, 4) is 5.88 Å². The van der Waals surface area contributed by atoms with Gasteiger partial charge in [-0.1, -0.05) is 0 Å². The van der Waals surface area contributed by atoms with Crippen LogP contribution >= 0.6 is 0 Å². The summed E-state index contributed by atoms with van der Waals surface area (Å²) in [7, 11) is 1.35. The first-order valence-electron chi connectivity index (χ1n) is 4.64. The van der Waals surface area contributed by atoms with Crippen molar-refractivity contribution in [2.24, 2.45) is 0 Å². The van der Waals surface area contributed by atoms with E-state index < -0.39 is 18.9 Å². The highest BCUT2D eigenvalue weighted by Gasteiger charge is 2.40. The Bertz CT molecular complexity index is 387. The van der Waals surface area contributed by atoms with Crippen LogP contribution in [0.15, 0.2) is 6.33 Å². The molecule has 1 aromatic heterocycles. The highest BCUT2D eigenvalue weighted by atomic mass is 19.3. The minimum absolute atomic E-state index is 0.0391. The van der Waals surface area contributed by atoms with E-state index in [1.54, 1.807) is 0 Å². The highest BCUT2D eigenvalue weighted by Crippen LogP contribution is 2.25. The number of hydrogen-bond acceptors (Lipinski definition) is 4. The molecule has 8 heteroatoms. The summed E-state index contributed by atoms with van der Waals surface area (Å²) in [5.41, 5.74) is 0.375. The molecule has 0 aliphatic rings. The lowest BCUT2D eigenvalue weighted by molar-refractivity contribution is -0.117. The Morgan fingerprint density at radius 2 is 2.06 bits per heavy atom. The van der Waals surface area contributed by atoms with Gasteiger partial charge in [0.1, 0.15) is 12.1 Å². The second-order valence-electron chi connectivity index (χ2n) is 3.27. The number of rotatable bonds is 5. The quantitative estimate of drug-likeness (QED) is 0.816. The Kier molecular flexibility index (Phi) is 4.08.